The van der Waals surface area contributed by atoms with Crippen molar-refractivity contribution in [2.24, 2.45) is 0 Å². The Morgan fingerprint density at radius 2 is 1.84 bits per heavy atom. The molecular formula is C13H22N4O2. The molecule has 1 aliphatic rings. The number of nitrogens with zero attached hydrogens (tertiary/aromatic N) is 3. The van der Waals surface area contributed by atoms with Gasteiger partial charge in [-0.3, -0.25) is 15.0 Å². The van der Waals surface area contributed by atoms with Gasteiger partial charge in [0.25, 0.3) is 0 Å². The zero-order chi connectivity index (χ0) is 14.8. The van der Waals surface area contributed by atoms with Gasteiger partial charge in [0.05, 0.1) is 6.20 Å². The summed E-state index contributed by atoms with van der Waals surface area (Å²) in [6.45, 7) is 10.2. The molecule has 0 bridgehead atoms. The summed E-state index contributed by atoms with van der Waals surface area (Å²) in [6.07, 6.45) is 1.90. The zero-order valence-electron chi connectivity index (χ0n) is 12.2. The molecule has 6 nitrogen and oxygen atoms in total. The van der Waals surface area contributed by atoms with E-state index in [4.69, 9.17) is 0 Å². The van der Waals surface area contributed by atoms with Crippen LogP contribution in [0.15, 0.2) is 12.3 Å². The summed E-state index contributed by atoms with van der Waals surface area (Å²) >= 11 is 0. The summed E-state index contributed by atoms with van der Waals surface area (Å²) < 4.78 is 0. The van der Waals surface area contributed by atoms with E-state index in [0.717, 1.165) is 5.56 Å². The lowest BCUT2D eigenvalue weighted by Crippen LogP contribution is -2.50. The van der Waals surface area contributed by atoms with Crippen molar-refractivity contribution >= 4 is 17.8 Å². The molecule has 1 saturated heterocycles. The molecular weight excluding hydrogens is 244 g/mol. The first-order chi connectivity index (χ1) is 9.16. The van der Waals surface area contributed by atoms with Crippen LogP contribution in [0.25, 0.3) is 0 Å². The van der Waals surface area contributed by atoms with Crippen LogP contribution in [0, 0.1) is 6.92 Å². The predicted octanol–water partition coefficient (Wildman–Crippen LogP) is 2.28. The van der Waals surface area contributed by atoms with Crippen LogP contribution in [0.2, 0.25) is 0 Å². The maximum Gasteiger partial charge on any atom is 0.329 e. The van der Waals surface area contributed by atoms with Crippen LogP contribution in [0.3, 0.4) is 0 Å². The topological polar surface area (TPSA) is 75.2 Å². The molecule has 0 spiro atoms. The Morgan fingerprint density at radius 1 is 1.21 bits per heavy atom. The molecule has 0 saturated carbocycles. The van der Waals surface area contributed by atoms with E-state index in [2.05, 4.69) is 15.5 Å². The van der Waals surface area contributed by atoms with Gasteiger partial charge in [0, 0.05) is 13.0 Å². The van der Waals surface area contributed by atoms with Crippen molar-refractivity contribution in [1.82, 2.24) is 15.5 Å². The molecule has 2 heterocycles. The number of anilines is 1. The number of hydrogen-bond donors (Lipinski definition) is 1. The Bertz CT molecular complexity index is 421. The van der Waals surface area contributed by atoms with Gasteiger partial charge < -0.3 is 0 Å². The number of aromatic nitrogens is 2. The van der Waals surface area contributed by atoms with Crippen LogP contribution < -0.4 is 10.2 Å². The largest absolute Gasteiger partial charge is 0.329 e. The van der Waals surface area contributed by atoms with Gasteiger partial charge in [-0.15, -0.1) is 5.10 Å². The molecule has 1 aromatic rings. The second-order valence-electron chi connectivity index (χ2n) is 3.35. The first-order valence-electron chi connectivity index (χ1n) is 6.57. The molecule has 106 valence electrons. The van der Waals surface area contributed by atoms with Gasteiger partial charge in [0.2, 0.25) is 5.91 Å². The molecule has 1 aliphatic heterocycles. The normalized spacial score (nSPS) is 13.6. The van der Waals surface area contributed by atoms with Crippen molar-refractivity contribution in [3.63, 3.8) is 0 Å². The number of hydrogen-bond acceptors (Lipinski definition) is 4. The lowest BCUT2D eigenvalue weighted by Gasteiger charge is -2.24. The predicted molar refractivity (Wildman–Crippen MR) is 75.0 cm³/mol. The number of aryl methyl sites for hydroxylation is 1. The first-order valence-corrected chi connectivity index (χ1v) is 6.57. The number of carbonyl (C=O) groups is 2. The summed E-state index contributed by atoms with van der Waals surface area (Å²) in [6, 6.07) is 1.31. The molecule has 2 rings (SSSR count). The van der Waals surface area contributed by atoms with Crippen molar-refractivity contribution < 1.29 is 9.59 Å². The molecule has 0 radical (unpaired) electrons. The number of nitrogens with one attached hydrogen (secondary N) is 1. The maximum atomic E-state index is 11.4. The Balaban J connectivity index is 0.000000741. The molecule has 6 heteroatoms. The molecule has 0 aliphatic carbocycles. The van der Waals surface area contributed by atoms with Crippen molar-refractivity contribution in [2.75, 3.05) is 11.4 Å². The van der Waals surface area contributed by atoms with Crippen LogP contribution in [0.1, 0.15) is 39.7 Å². The SMILES string of the molecule is CC.CC.Cc1cnnc(N2CCC(=O)NC2=O)c1. The van der Waals surface area contributed by atoms with Crippen molar-refractivity contribution in [1.29, 1.82) is 0 Å². The number of amides is 3. The van der Waals surface area contributed by atoms with E-state index in [1.54, 1.807) is 12.3 Å². The fourth-order valence-corrected chi connectivity index (χ4v) is 1.36. The second-order valence-corrected chi connectivity index (χ2v) is 3.35. The monoisotopic (exact) mass is 266 g/mol. The number of carbonyl (C=O) groups excluding carboxylic acids is 2. The van der Waals surface area contributed by atoms with Crippen LogP contribution in [0.5, 0.6) is 0 Å². The Morgan fingerprint density at radius 3 is 2.37 bits per heavy atom. The molecule has 1 aromatic heterocycles. The van der Waals surface area contributed by atoms with Gasteiger partial charge in [-0.05, 0) is 18.6 Å². The lowest BCUT2D eigenvalue weighted by molar-refractivity contribution is -0.120. The highest BCUT2D eigenvalue weighted by Gasteiger charge is 2.25. The van der Waals surface area contributed by atoms with Crippen molar-refractivity contribution in [2.45, 2.75) is 41.0 Å². The molecule has 19 heavy (non-hydrogen) atoms. The van der Waals surface area contributed by atoms with Crippen LogP contribution in [0.4, 0.5) is 10.6 Å². The van der Waals surface area contributed by atoms with Gasteiger partial charge in [-0.1, -0.05) is 27.7 Å². The van der Waals surface area contributed by atoms with Gasteiger partial charge in [-0.25, -0.2) is 4.79 Å². The summed E-state index contributed by atoms with van der Waals surface area (Å²) in [5, 5.41) is 9.83. The minimum Gasteiger partial charge on any atom is -0.278 e. The minimum atomic E-state index is -0.439. The highest BCUT2D eigenvalue weighted by atomic mass is 16.2. The summed E-state index contributed by atoms with van der Waals surface area (Å²) in [5.41, 5.74) is 0.921. The van der Waals surface area contributed by atoms with Gasteiger partial charge in [0.15, 0.2) is 5.82 Å². The second kappa shape index (κ2) is 9.02. The molecule has 0 unspecified atom stereocenters. The Kier molecular flexibility index (Phi) is 8.08. The summed E-state index contributed by atoms with van der Waals surface area (Å²) in [4.78, 5) is 23.8. The minimum absolute atomic E-state index is 0.253. The van der Waals surface area contributed by atoms with Gasteiger partial charge >= 0.3 is 6.03 Å². The molecule has 0 aromatic carbocycles. The van der Waals surface area contributed by atoms with Crippen molar-refractivity contribution in [3.05, 3.63) is 17.8 Å². The third kappa shape index (κ3) is 5.03. The van der Waals surface area contributed by atoms with E-state index in [1.807, 2.05) is 34.6 Å². The number of imide groups is 1. The number of urea groups is 1. The van der Waals surface area contributed by atoms with Gasteiger partial charge in [-0.2, -0.15) is 5.10 Å². The fraction of sp³-hybridized carbons (Fsp3) is 0.538. The van der Waals surface area contributed by atoms with Crippen molar-refractivity contribution in [3.8, 4) is 0 Å². The third-order valence-electron chi connectivity index (χ3n) is 2.11. The van der Waals surface area contributed by atoms with E-state index < -0.39 is 6.03 Å². The first kappa shape index (κ1) is 17.0. The molecule has 0 atom stereocenters. The average Bonchev–Trinajstić information content (AvgIpc) is 2.43. The molecule has 3 amide bonds. The average molecular weight is 266 g/mol. The Hall–Kier alpha value is -1.98. The van der Waals surface area contributed by atoms with E-state index in [9.17, 15) is 9.59 Å². The standard InChI is InChI=1S/C9H10N4O2.2C2H6/c1-6-4-7(12-10-5-6)13-3-2-8(14)11-9(13)15;2*1-2/h4-5H,2-3H2,1H3,(H,11,14,15);2*1-2H3. The van der Waals surface area contributed by atoms with E-state index in [1.165, 1.54) is 4.90 Å². The number of rotatable bonds is 1. The molecule has 1 fully saturated rings. The van der Waals surface area contributed by atoms with Crippen LogP contribution >= 0.6 is 0 Å². The van der Waals surface area contributed by atoms with E-state index in [0.29, 0.717) is 18.8 Å². The Labute approximate surface area is 114 Å². The van der Waals surface area contributed by atoms with Crippen LogP contribution in [-0.4, -0.2) is 28.7 Å². The zero-order valence-corrected chi connectivity index (χ0v) is 12.2. The highest BCUT2D eigenvalue weighted by molar-refractivity contribution is 6.05. The molecule has 1 N–H and O–H groups in total. The quantitative estimate of drug-likeness (QED) is 0.846. The van der Waals surface area contributed by atoms with E-state index in [-0.39, 0.29) is 5.91 Å². The highest BCUT2D eigenvalue weighted by Crippen LogP contribution is 2.13. The smallest absolute Gasteiger partial charge is 0.278 e. The van der Waals surface area contributed by atoms with E-state index >= 15 is 0 Å². The van der Waals surface area contributed by atoms with Crippen LogP contribution in [-0.2, 0) is 4.79 Å². The third-order valence-corrected chi connectivity index (χ3v) is 2.11. The van der Waals surface area contributed by atoms with Gasteiger partial charge in [0.1, 0.15) is 0 Å². The lowest BCUT2D eigenvalue weighted by atomic mass is 10.3. The summed E-state index contributed by atoms with van der Waals surface area (Å²) in [7, 11) is 0. The fourth-order valence-electron chi connectivity index (χ4n) is 1.36. The summed E-state index contributed by atoms with van der Waals surface area (Å²) in [5.74, 6) is 0.219. The maximum absolute atomic E-state index is 11.4.